The van der Waals surface area contributed by atoms with Gasteiger partial charge in [-0.25, -0.2) is 0 Å². The molecular formula is C16H23N3O2. The van der Waals surface area contributed by atoms with Crippen molar-refractivity contribution in [2.45, 2.75) is 25.3 Å². The van der Waals surface area contributed by atoms with Crippen LogP contribution >= 0.6 is 0 Å². The van der Waals surface area contributed by atoms with E-state index in [1.165, 1.54) is 12.8 Å². The van der Waals surface area contributed by atoms with Crippen LogP contribution in [-0.2, 0) is 0 Å². The number of carbonyl (C=O) groups excluding carboxylic acids is 1. The van der Waals surface area contributed by atoms with Gasteiger partial charge in [0.1, 0.15) is 0 Å². The van der Waals surface area contributed by atoms with Crippen molar-refractivity contribution in [1.29, 1.82) is 0 Å². The van der Waals surface area contributed by atoms with Gasteiger partial charge in [-0.2, -0.15) is 0 Å². The Morgan fingerprint density at radius 2 is 2.29 bits per heavy atom. The molecule has 5 nitrogen and oxygen atoms in total. The van der Waals surface area contributed by atoms with Crippen molar-refractivity contribution in [1.82, 2.24) is 15.2 Å². The molecular weight excluding hydrogens is 266 g/mol. The molecule has 5 heteroatoms. The van der Waals surface area contributed by atoms with Crippen LogP contribution in [0.15, 0.2) is 24.5 Å². The summed E-state index contributed by atoms with van der Waals surface area (Å²) in [5.74, 6) is 0.909. The molecule has 1 saturated carbocycles. The van der Waals surface area contributed by atoms with E-state index in [1.54, 1.807) is 24.5 Å². The zero-order valence-electron chi connectivity index (χ0n) is 12.2. The van der Waals surface area contributed by atoms with Crippen molar-refractivity contribution >= 4 is 5.91 Å². The highest BCUT2D eigenvalue weighted by Crippen LogP contribution is 2.31. The Labute approximate surface area is 125 Å². The molecule has 3 rings (SSSR count). The number of nitrogens with zero attached hydrogens (tertiary/aromatic N) is 2. The zero-order chi connectivity index (χ0) is 14.7. The van der Waals surface area contributed by atoms with Crippen LogP contribution in [0.25, 0.3) is 0 Å². The lowest BCUT2D eigenvalue weighted by molar-refractivity contribution is 0.0737. The average molecular weight is 289 g/mol. The van der Waals surface area contributed by atoms with E-state index in [-0.39, 0.29) is 24.5 Å². The van der Waals surface area contributed by atoms with E-state index in [1.807, 2.05) is 0 Å². The van der Waals surface area contributed by atoms with Crippen LogP contribution in [0.2, 0.25) is 0 Å². The second-order valence-corrected chi connectivity index (χ2v) is 6.26. The molecule has 2 heterocycles. The van der Waals surface area contributed by atoms with Crippen LogP contribution in [0, 0.1) is 11.8 Å². The van der Waals surface area contributed by atoms with Crippen LogP contribution < -0.4 is 5.32 Å². The minimum atomic E-state index is -0.0974. The van der Waals surface area contributed by atoms with Gasteiger partial charge in [-0.15, -0.1) is 0 Å². The van der Waals surface area contributed by atoms with E-state index in [9.17, 15) is 9.90 Å². The van der Waals surface area contributed by atoms with E-state index in [2.05, 4.69) is 15.2 Å². The quantitative estimate of drug-likeness (QED) is 0.845. The summed E-state index contributed by atoms with van der Waals surface area (Å²) in [7, 11) is 0. The third-order valence-electron chi connectivity index (χ3n) is 4.53. The summed E-state index contributed by atoms with van der Waals surface area (Å²) in [4.78, 5) is 18.7. The minimum absolute atomic E-state index is 0.0233. The maximum atomic E-state index is 12.3. The molecule has 2 N–H and O–H groups in total. The first-order valence-electron chi connectivity index (χ1n) is 7.80. The van der Waals surface area contributed by atoms with Crippen LogP contribution in [0.1, 0.15) is 29.6 Å². The molecule has 114 valence electrons. The third-order valence-corrected chi connectivity index (χ3v) is 4.53. The number of aliphatic hydroxyl groups excluding tert-OH is 1. The molecule has 2 fully saturated rings. The average Bonchev–Trinajstić information content (AvgIpc) is 3.32. The number of amides is 1. The van der Waals surface area contributed by atoms with Crippen LogP contribution in [0.5, 0.6) is 0 Å². The fourth-order valence-electron chi connectivity index (χ4n) is 3.03. The molecule has 1 aromatic rings. The smallest absolute Gasteiger partial charge is 0.253 e. The normalized spacial score (nSPS) is 26.5. The van der Waals surface area contributed by atoms with E-state index in [0.29, 0.717) is 5.56 Å². The van der Waals surface area contributed by atoms with Crippen LogP contribution in [0.4, 0.5) is 0 Å². The van der Waals surface area contributed by atoms with Gasteiger partial charge in [0.15, 0.2) is 0 Å². The monoisotopic (exact) mass is 289 g/mol. The van der Waals surface area contributed by atoms with Crippen molar-refractivity contribution in [2.24, 2.45) is 11.8 Å². The highest BCUT2D eigenvalue weighted by Gasteiger charge is 2.33. The fraction of sp³-hybridized carbons (Fsp3) is 0.625. The lowest BCUT2D eigenvalue weighted by Crippen LogP contribution is -2.53. The summed E-state index contributed by atoms with van der Waals surface area (Å²) in [5.41, 5.74) is 0.577. The summed E-state index contributed by atoms with van der Waals surface area (Å²) in [6, 6.07) is 3.55. The van der Waals surface area contributed by atoms with Crippen molar-refractivity contribution in [3.8, 4) is 0 Å². The molecule has 1 aromatic heterocycles. The number of rotatable bonds is 5. The first-order chi connectivity index (χ1) is 10.3. The molecule has 2 atom stereocenters. The third kappa shape index (κ3) is 3.80. The zero-order valence-corrected chi connectivity index (χ0v) is 12.2. The molecule has 1 saturated heterocycles. The van der Waals surface area contributed by atoms with E-state index < -0.39 is 0 Å². The molecule has 21 heavy (non-hydrogen) atoms. The number of hydrogen-bond acceptors (Lipinski definition) is 4. The lowest BCUT2D eigenvalue weighted by atomic mass is 9.92. The first kappa shape index (κ1) is 14.5. The Morgan fingerprint density at radius 3 is 2.95 bits per heavy atom. The topological polar surface area (TPSA) is 65.5 Å². The number of hydrogen-bond donors (Lipinski definition) is 2. The Morgan fingerprint density at radius 1 is 1.43 bits per heavy atom. The summed E-state index contributed by atoms with van der Waals surface area (Å²) in [6.07, 6.45) is 6.86. The molecule has 1 aliphatic heterocycles. The largest absolute Gasteiger partial charge is 0.396 e. The molecule has 0 unspecified atom stereocenters. The Hall–Kier alpha value is -1.46. The first-order valence-corrected chi connectivity index (χ1v) is 7.80. The number of aromatic nitrogens is 1. The maximum Gasteiger partial charge on any atom is 0.253 e. The standard InChI is InChI=1S/C16H23N3O2/c20-11-14-5-7-19(9-12-3-4-12)10-15(14)18-16(21)13-2-1-6-17-8-13/h1-2,6,8,12,14-15,20H,3-5,7,9-11H2,(H,18,21)/t14-,15-/m1/s1. The van der Waals surface area contributed by atoms with Gasteiger partial charge in [0.2, 0.25) is 0 Å². The number of nitrogens with one attached hydrogen (secondary N) is 1. The summed E-state index contributed by atoms with van der Waals surface area (Å²) in [5, 5.41) is 12.6. The summed E-state index contributed by atoms with van der Waals surface area (Å²) in [6.45, 7) is 3.14. The lowest BCUT2D eigenvalue weighted by Gasteiger charge is -2.38. The molecule has 0 bridgehead atoms. The molecule has 0 spiro atoms. The minimum Gasteiger partial charge on any atom is -0.396 e. The van der Waals surface area contributed by atoms with Gasteiger partial charge in [0.05, 0.1) is 5.56 Å². The van der Waals surface area contributed by atoms with E-state index in [4.69, 9.17) is 0 Å². The van der Waals surface area contributed by atoms with Gasteiger partial charge >= 0.3 is 0 Å². The van der Waals surface area contributed by atoms with Crippen molar-refractivity contribution in [2.75, 3.05) is 26.2 Å². The van der Waals surface area contributed by atoms with Gasteiger partial charge in [-0.1, -0.05) is 0 Å². The molecule has 1 aliphatic carbocycles. The van der Waals surface area contributed by atoms with E-state index >= 15 is 0 Å². The van der Waals surface area contributed by atoms with Crippen molar-refractivity contribution < 1.29 is 9.90 Å². The predicted molar refractivity (Wildman–Crippen MR) is 79.8 cm³/mol. The fourth-order valence-corrected chi connectivity index (χ4v) is 3.03. The Bertz CT molecular complexity index is 476. The van der Waals surface area contributed by atoms with Crippen molar-refractivity contribution in [3.63, 3.8) is 0 Å². The second kappa shape index (κ2) is 6.54. The molecule has 1 amide bonds. The van der Waals surface area contributed by atoms with Crippen LogP contribution in [0.3, 0.4) is 0 Å². The maximum absolute atomic E-state index is 12.3. The summed E-state index contributed by atoms with van der Waals surface area (Å²) < 4.78 is 0. The Balaban J connectivity index is 1.61. The number of likely N-dealkylation sites (tertiary alicyclic amines) is 1. The van der Waals surface area contributed by atoms with Crippen LogP contribution in [-0.4, -0.2) is 53.2 Å². The summed E-state index contributed by atoms with van der Waals surface area (Å²) >= 11 is 0. The number of aliphatic hydroxyl groups is 1. The predicted octanol–water partition coefficient (Wildman–Crippen LogP) is 0.904. The number of carbonyl (C=O) groups is 1. The van der Waals surface area contributed by atoms with Gasteiger partial charge in [0.25, 0.3) is 5.91 Å². The SMILES string of the molecule is O=C(N[C@@H]1CN(CC2CC2)CC[C@@H]1CO)c1cccnc1. The highest BCUT2D eigenvalue weighted by atomic mass is 16.3. The Kier molecular flexibility index (Phi) is 4.51. The van der Waals surface area contributed by atoms with Gasteiger partial charge in [-0.05, 0) is 43.9 Å². The number of piperidine rings is 1. The van der Waals surface area contributed by atoms with Gasteiger partial charge < -0.3 is 15.3 Å². The van der Waals surface area contributed by atoms with E-state index in [0.717, 1.165) is 32.0 Å². The second-order valence-electron chi connectivity index (χ2n) is 6.26. The van der Waals surface area contributed by atoms with Gasteiger partial charge in [-0.3, -0.25) is 9.78 Å². The van der Waals surface area contributed by atoms with Gasteiger partial charge in [0, 0.05) is 44.0 Å². The molecule has 2 aliphatic rings. The molecule has 0 radical (unpaired) electrons. The van der Waals surface area contributed by atoms with Crippen molar-refractivity contribution in [3.05, 3.63) is 30.1 Å². The molecule has 0 aromatic carbocycles. The highest BCUT2D eigenvalue weighted by molar-refractivity contribution is 5.94. The number of pyridine rings is 1.